The average molecular weight is 369 g/mol. The number of anilines is 1. The second kappa shape index (κ2) is 6.01. The summed E-state index contributed by atoms with van der Waals surface area (Å²) in [4.78, 5) is 4.86. The van der Waals surface area contributed by atoms with Crippen LogP contribution in [-0.2, 0) is 7.05 Å². The lowest BCUT2D eigenvalue weighted by molar-refractivity contribution is 0.422. The summed E-state index contributed by atoms with van der Waals surface area (Å²) in [5.74, 6) is 2.37. The molecule has 1 aromatic carbocycles. The van der Waals surface area contributed by atoms with Gasteiger partial charge >= 0.3 is 0 Å². The van der Waals surface area contributed by atoms with E-state index in [1.807, 2.05) is 29.8 Å². The molecule has 5 heteroatoms. The summed E-state index contributed by atoms with van der Waals surface area (Å²) < 4.78 is 2.97. The van der Waals surface area contributed by atoms with Crippen LogP contribution in [0.2, 0.25) is 5.02 Å². The molecule has 1 fully saturated rings. The van der Waals surface area contributed by atoms with Gasteiger partial charge in [0.2, 0.25) is 0 Å². The Morgan fingerprint density at radius 3 is 2.67 bits per heavy atom. The lowest BCUT2D eigenvalue weighted by Crippen LogP contribution is -2.11. The monoisotopic (exact) mass is 367 g/mol. The van der Waals surface area contributed by atoms with Crippen LogP contribution in [-0.4, -0.2) is 9.55 Å². The second-order valence-electron chi connectivity index (χ2n) is 5.72. The first-order chi connectivity index (χ1) is 10.1. The highest BCUT2D eigenvalue weighted by atomic mass is 79.9. The molecule has 2 N–H and O–H groups in total. The third-order valence-corrected chi connectivity index (χ3v) is 5.22. The fraction of sp³-hybridized carbons (Fsp3) is 0.438. The van der Waals surface area contributed by atoms with Gasteiger partial charge in [0.25, 0.3) is 0 Å². The number of nitrogens with two attached hydrogens (primary N) is 1. The molecular formula is C16H19BrClN3. The summed E-state index contributed by atoms with van der Waals surface area (Å²) in [6.07, 6.45) is 6.35. The SMILES string of the molecule is Cn1c(C2CCCCC2)nc(-c2ccc(Cl)cc2Br)c1N. The number of hydrogen-bond acceptors (Lipinski definition) is 2. The van der Waals surface area contributed by atoms with Gasteiger partial charge in [-0.3, -0.25) is 0 Å². The van der Waals surface area contributed by atoms with Crippen molar-refractivity contribution < 1.29 is 0 Å². The number of nitrogens with zero attached hydrogens (tertiary/aromatic N) is 2. The molecule has 0 aliphatic heterocycles. The smallest absolute Gasteiger partial charge is 0.131 e. The Bertz CT molecular complexity index is 660. The van der Waals surface area contributed by atoms with E-state index >= 15 is 0 Å². The van der Waals surface area contributed by atoms with Crippen LogP contribution < -0.4 is 5.73 Å². The zero-order valence-corrected chi connectivity index (χ0v) is 14.4. The minimum absolute atomic E-state index is 0.533. The third kappa shape index (κ3) is 2.84. The molecular weight excluding hydrogens is 350 g/mol. The van der Waals surface area contributed by atoms with Crippen LogP contribution in [0.4, 0.5) is 5.82 Å². The Balaban J connectivity index is 2.03. The number of imidazole rings is 1. The van der Waals surface area contributed by atoms with Crippen molar-refractivity contribution in [2.75, 3.05) is 5.73 Å². The highest BCUT2D eigenvalue weighted by Gasteiger charge is 2.23. The molecule has 112 valence electrons. The van der Waals surface area contributed by atoms with Crippen LogP contribution in [0.3, 0.4) is 0 Å². The predicted molar refractivity (Wildman–Crippen MR) is 91.6 cm³/mol. The average Bonchev–Trinajstić information content (AvgIpc) is 2.77. The molecule has 1 aliphatic rings. The normalized spacial score (nSPS) is 16.3. The van der Waals surface area contributed by atoms with Crippen molar-refractivity contribution >= 4 is 33.3 Å². The molecule has 0 spiro atoms. The van der Waals surface area contributed by atoms with Gasteiger partial charge in [0, 0.05) is 28.0 Å². The zero-order valence-electron chi connectivity index (χ0n) is 12.1. The molecule has 1 heterocycles. The van der Waals surface area contributed by atoms with Gasteiger partial charge in [-0.05, 0) is 25.0 Å². The maximum absolute atomic E-state index is 6.30. The molecule has 0 unspecified atom stereocenters. The van der Waals surface area contributed by atoms with Crippen LogP contribution in [0.1, 0.15) is 43.8 Å². The highest BCUT2D eigenvalue weighted by molar-refractivity contribution is 9.10. The summed E-state index contributed by atoms with van der Waals surface area (Å²) >= 11 is 9.57. The van der Waals surface area contributed by atoms with Crippen molar-refractivity contribution in [3.63, 3.8) is 0 Å². The molecule has 1 saturated carbocycles. The Labute approximate surface area is 138 Å². The first-order valence-corrected chi connectivity index (χ1v) is 8.52. The van der Waals surface area contributed by atoms with Crippen LogP contribution in [0.5, 0.6) is 0 Å². The predicted octanol–water partition coefficient (Wildman–Crippen LogP) is 5.13. The van der Waals surface area contributed by atoms with E-state index < -0.39 is 0 Å². The lowest BCUT2D eigenvalue weighted by Gasteiger charge is -2.21. The molecule has 21 heavy (non-hydrogen) atoms. The van der Waals surface area contributed by atoms with Gasteiger partial charge in [0.05, 0.1) is 0 Å². The fourth-order valence-corrected chi connectivity index (χ4v) is 4.01. The number of aromatic nitrogens is 2. The van der Waals surface area contributed by atoms with Gasteiger partial charge in [-0.2, -0.15) is 0 Å². The van der Waals surface area contributed by atoms with Gasteiger partial charge in [0.1, 0.15) is 17.3 Å². The number of nitrogen functional groups attached to an aromatic ring is 1. The van der Waals surface area contributed by atoms with E-state index in [0.29, 0.717) is 10.9 Å². The first kappa shape index (κ1) is 14.9. The van der Waals surface area contributed by atoms with E-state index in [9.17, 15) is 0 Å². The van der Waals surface area contributed by atoms with Gasteiger partial charge < -0.3 is 10.3 Å². The van der Waals surface area contributed by atoms with E-state index in [-0.39, 0.29) is 0 Å². The van der Waals surface area contributed by atoms with Gasteiger partial charge in [-0.1, -0.05) is 52.9 Å². The number of benzene rings is 1. The number of hydrogen-bond donors (Lipinski definition) is 1. The van der Waals surface area contributed by atoms with Crippen LogP contribution >= 0.6 is 27.5 Å². The summed E-state index contributed by atoms with van der Waals surface area (Å²) in [5.41, 5.74) is 8.14. The summed E-state index contributed by atoms with van der Waals surface area (Å²) in [6.45, 7) is 0. The van der Waals surface area contributed by atoms with Crippen molar-refractivity contribution in [1.29, 1.82) is 0 Å². The fourth-order valence-electron chi connectivity index (χ4n) is 3.13. The van der Waals surface area contributed by atoms with E-state index in [0.717, 1.165) is 27.4 Å². The summed E-state index contributed by atoms with van der Waals surface area (Å²) in [6, 6.07) is 5.72. The highest BCUT2D eigenvalue weighted by Crippen LogP contribution is 2.38. The van der Waals surface area contributed by atoms with Gasteiger partial charge in [-0.25, -0.2) is 4.98 Å². The summed E-state index contributed by atoms with van der Waals surface area (Å²) in [7, 11) is 2.01. The molecule has 1 aromatic heterocycles. The largest absolute Gasteiger partial charge is 0.383 e. The van der Waals surface area contributed by atoms with Crippen molar-refractivity contribution in [3.05, 3.63) is 33.5 Å². The molecule has 2 aromatic rings. The number of halogens is 2. The van der Waals surface area contributed by atoms with Crippen LogP contribution in [0.25, 0.3) is 11.3 Å². The maximum atomic E-state index is 6.30. The molecule has 0 bridgehead atoms. The molecule has 0 saturated heterocycles. The van der Waals surface area contributed by atoms with Crippen LogP contribution in [0.15, 0.2) is 22.7 Å². The topological polar surface area (TPSA) is 43.8 Å². The Kier molecular flexibility index (Phi) is 4.27. The molecule has 3 nitrogen and oxygen atoms in total. The minimum Gasteiger partial charge on any atom is -0.383 e. The second-order valence-corrected chi connectivity index (χ2v) is 7.01. The summed E-state index contributed by atoms with van der Waals surface area (Å²) in [5, 5.41) is 0.702. The van der Waals surface area contributed by atoms with E-state index in [4.69, 9.17) is 22.3 Å². The molecule has 1 aliphatic carbocycles. The van der Waals surface area contributed by atoms with Crippen molar-refractivity contribution in [2.24, 2.45) is 7.05 Å². The van der Waals surface area contributed by atoms with Crippen molar-refractivity contribution in [2.45, 2.75) is 38.0 Å². The van der Waals surface area contributed by atoms with E-state index in [1.54, 1.807) is 0 Å². The Morgan fingerprint density at radius 2 is 2.00 bits per heavy atom. The quantitative estimate of drug-likeness (QED) is 0.798. The Morgan fingerprint density at radius 1 is 1.29 bits per heavy atom. The van der Waals surface area contributed by atoms with Gasteiger partial charge in [-0.15, -0.1) is 0 Å². The van der Waals surface area contributed by atoms with Crippen molar-refractivity contribution in [3.8, 4) is 11.3 Å². The molecule has 0 atom stereocenters. The lowest BCUT2D eigenvalue weighted by atomic mass is 9.89. The minimum atomic E-state index is 0.533. The van der Waals surface area contributed by atoms with Crippen LogP contribution in [0, 0.1) is 0 Å². The maximum Gasteiger partial charge on any atom is 0.131 e. The van der Waals surface area contributed by atoms with E-state index in [1.165, 1.54) is 32.1 Å². The first-order valence-electron chi connectivity index (χ1n) is 7.35. The van der Waals surface area contributed by atoms with Gasteiger partial charge in [0.15, 0.2) is 0 Å². The van der Waals surface area contributed by atoms with E-state index in [2.05, 4.69) is 15.9 Å². The standard InChI is InChI=1S/C16H19BrClN3/c1-21-15(19)14(12-8-7-11(18)9-13(12)17)20-16(21)10-5-3-2-4-6-10/h7-10H,2-6,19H2,1H3. The zero-order chi connectivity index (χ0) is 15.0. The number of rotatable bonds is 2. The van der Waals surface area contributed by atoms with Crippen molar-refractivity contribution in [1.82, 2.24) is 9.55 Å². The Hall–Kier alpha value is -1.00. The molecule has 0 radical (unpaired) electrons. The molecule has 0 amide bonds. The third-order valence-electron chi connectivity index (χ3n) is 4.33. The molecule has 3 rings (SSSR count).